The van der Waals surface area contributed by atoms with Gasteiger partial charge in [-0.2, -0.15) is 11.8 Å². The molecule has 80 valence electrons. The molecule has 1 amide bonds. The molecule has 2 rings (SSSR count). The zero-order valence-electron chi connectivity index (χ0n) is 8.66. The van der Waals surface area contributed by atoms with Crippen LogP contribution in [0.15, 0.2) is 0 Å². The Morgan fingerprint density at radius 1 is 1.57 bits per heavy atom. The van der Waals surface area contributed by atoms with Crippen LogP contribution < -0.4 is 5.32 Å². The van der Waals surface area contributed by atoms with Crippen LogP contribution in [-0.4, -0.2) is 48.0 Å². The third-order valence-electron chi connectivity index (χ3n) is 3.06. The quantitative estimate of drug-likeness (QED) is 0.692. The molecule has 0 saturated carbocycles. The lowest BCUT2D eigenvalue weighted by Crippen LogP contribution is -2.47. The molecule has 1 N–H and O–H groups in total. The van der Waals surface area contributed by atoms with Gasteiger partial charge in [0.05, 0.1) is 5.92 Å². The number of carbonyl (C=O) groups excluding carboxylic acids is 1. The van der Waals surface area contributed by atoms with Crippen LogP contribution in [-0.2, 0) is 4.79 Å². The van der Waals surface area contributed by atoms with Crippen molar-refractivity contribution < 1.29 is 4.79 Å². The maximum Gasteiger partial charge on any atom is 0.227 e. The minimum absolute atomic E-state index is 0.251. The highest BCUT2D eigenvalue weighted by Gasteiger charge is 2.30. The van der Waals surface area contributed by atoms with Crippen LogP contribution in [0, 0.1) is 5.92 Å². The van der Waals surface area contributed by atoms with E-state index in [2.05, 4.69) is 17.1 Å². The molecule has 1 unspecified atom stereocenters. The summed E-state index contributed by atoms with van der Waals surface area (Å²) in [5, 5.41) is 3.25. The molecule has 0 radical (unpaired) electrons. The van der Waals surface area contributed by atoms with E-state index >= 15 is 0 Å². The zero-order chi connectivity index (χ0) is 9.97. The van der Waals surface area contributed by atoms with Crippen LogP contribution in [0.1, 0.15) is 13.3 Å². The minimum Gasteiger partial charge on any atom is -0.338 e. The van der Waals surface area contributed by atoms with Crippen LogP contribution in [0.25, 0.3) is 0 Å². The van der Waals surface area contributed by atoms with Crippen molar-refractivity contribution in [2.24, 2.45) is 5.92 Å². The van der Waals surface area contributed by atoms with E-state index in [1.807, 2.05) is 11.8 Å². The number of hydrogen-bond donors (Lipinski definition) is 1. The van der Waals surface area contributed by atoms with Gasteiger partial charge in [-0.05, 0) is 19.9 Å². The van der Waals surface area contributed by atoms with Crippen molar-refractivity contribution in [2.45, 2.75) is 19.4 Å². The van der Waals surface area contributed by atoms with Crippen molar-refractivity contribution in [3.63, 3.8) is 0 Å². The molecule has 4 heteroatoms. The summed E-state index contributed by atoms with van der Waals surface area (Å²) in [6, 6.07) is 0.432. The van der Waals surface area contributed by atoms with E-state index in [1.165, 1.54) is 0 Å². The van der Waals surface area contributed by atoms with Crippen LogP contribution in [0.2, 0.25) is 0 Å². The molecule has 14 heavy (non-hydrogen) atoms. The Hall–Kier alpha value is -0.220. The second-order valence-electron chi connectivity index (χ2n) is 4.15. The average Bonchev–Trinajstić information content (AvgIpc) is 2.70. The zero-order valence-corrected chi connectivity index (χ0v) is 9.48. The summed E-state index contributed by atoms with van der Waals surface area (Å²) in [6.45, 7) is 5.00. The molecule has 2 saturated heterocycles. The van der Waals surface area contributed by atoms with Crippen LogP contribution in [0.5, 0.6) is 0 Å². The lowest BCUT2D eigenvalue weighted by molar-refractivity contribution is -0.136. The molecule has 2 heterocycles. The van der Waals surface area contributed by atoms with E-state index in [-0.39, 0.29) is 5.92 Å². The standard InChI is InChI=1S/C10H18N2OS/c1-8-7-14-5-4-12(8)10(13)9-2-3-11-6-9/h8-9,11H,2-7H2,1H3/t8?,9-/m0/s1. The molecule has 0 aromatic heterocycles. The largest absolute Gasteiger partial charge is 0.338 e. The topological polar surface area (TPSA) is 32.3 Å². The van der Waals surface area contributed by atoms with Gasteiger partial charge in [-0.3, -0.25) is 4.79 Å². The van der Waals surface area contributed by atoms with Crippen molar-refractivity contribution in [3.05, 3.63) is 0 Å². The molecule has 0 aromatic rings. The summed E-state index contributed by atoms with van der Waals surface area (Å²) in [6.07, 6.45) is 1.02. The number of carbonyl (C=O) groups is 1. The molecule has 0 aliphatic carbocycles. The Balaban J connectivity index is 1.94. The van der Waals surface area contributed by atoms with Crippen molar-refractivity contribution in [3.8, 4) is 0 Å². The molecular formula is C10H18N2OS. The van der Waals surface area contributed by atoms with Crippen LogP contribution in [0.3, 0.4) is 0 Å². The molecular weight excluding hydrogens is 196 g/mol. The second-order valence-corrected chi connectivity index (χ2v) is 5.30. The van der Waals surface area contributed by atoms with Gasteiger partial charge in [-0.15, -0.1) is 0 Å². The first kappa shape index (κ1) is 10.3. The third-order valence-corrected chi connectivity index (χ3v) is 4.25. The van der Waals surface area contributed by atoms with Gasteiger partial charge in [-0.1, -0.05) is 0 Å². The van der Waals surface area contributed by atoms with E-state index in [0.29, 0.717) is 11.9 Å². The van der Waals surface area contributed by atoms with E-state index in [0.717, 1.165) is 37.6 Å². The van der Waals surface area contributed by atoms with Crippen molar-refractivity contribution >= 4 is 17.7 Å². The fourth-order valence-corrected chi connectivity index (χ4v) is 3.17. The molecule has 0 spiro atoms. The SMILES string of the molecule is CC1CSCCN1C(=O)[C@H]1CCNC1. The van der Waals surface area contributed by atoms with Crippen molar-refractivity contribution in [1.82, 2.24) is 10.2 Å². The van der Waals surface area contributed by atoms with E-state index in [4.69, 9.17) is 0 Å². The maximum absolute atomic E-state index is 12.1. The molecule has 2 fully saturated rings. The molecule has 0 bridgehead atoms. The predicted molar refractivity (Wildman–Crippen MR) is 59.5 cm³/mol. The van der Waals surface area contributed by atoms with Gasteiger partial charge in [0.15, 0.2) is 0 Å². The first-order valence-electron chi connectivity index (χ1n) is 5.38. The molecule has 0 aromatic carbocycles. The molecule has 3 nitrogen and oxygen atoms in total. The van der Waals surface area contributed by atoms with Gasteiger partial charge in [0.2, 0.25) is 5.91 Å². The van der Waals surface area contributed by atoms with Gasteiger partial charge in [0.25, 0.3) is 0 Å². The Kier molecular flexibility index (Phi) is 3.34. The van der Waals surface area contributed by atoms with E-state index in [9.17, 15) is 4.79 Å². The predicted octanol–water partition coefficient (Wildman–Crippen LogP) is 0.560. The number of thioether (sulfide) groups is 1. The van der Waals surface area contributed by atoms with Crippen LogP contribution in [0.4, 0.5) is 0 Å². The summed E-state index contributed by atoms with van der Waals surface area (Å²) in [5.41, 5.74) is 0. The molecule has 2 aliphatic heterocycles. The smallest absolute Gasteiger partial charge is 0.227 e. The van der Waals surface area contributed by atoms with Gasteiger partial charge in [-0.25, -0.2) is 0 Å². The summed E-state index contributed by atoms with van der Waals surface area (Å²) in [4.78, 5) is 14.2. The van der Waals surface area contributed by atoms with Gasteiger partial charge < -0.3 is 10.2 Å². The van der Waals surface area contributed by atoms with Crippen molar-refractivity contribution in [2.75, 3.05) is 31.1 Å². The summed E-state index contributed by atoms with van der Waals surface area (Å²) < 4.78 is 0. The van der Waals surface area contributed by atoms with Gasteiger partial charge in [0.1, 0.15) is 0 Å². The fraction of sp³-hybridized carbons (Fsp3) is 0.900. The highest BCUT2D eigenvalue weighted by Crippen LogP contribution is 2.20. The third kappa shape index (κ3) is 2.06. The maximum atomic E-state index is 12.1. The fourth-order valence-electron chi connectivity index (χ4n) is 2.15. The summed E-state index contributed by atoms with van der Waals surface area (Å²) in [5.74, 6) is 2.84. The van der Waals surface area contributed by atoms with Gasteiger partial charge in [0, 0.05) is 30.6 Å². The minimum atomic E-state index is 0.251. The first-order chi connectivity index (χ1) is 6.79. The van der Waals surface area contributed by atoms with E-state index < -0.39 is 0 Å². The summed E-state index contributed by atoms with van der Waals surface area (Å²) in [7, 11) is 0. The highest BCUT2D eigenvalue weighted by molar-refractivity contribution is 7.99. The molecule has 2 atom stereocenters. The normalized spacial score (nSPS) is 33.4. The Morgan fingerprint density at radius 3 is 3.07 bits per heavy atom. The lowest BCUT2D eigenvalue weighted by Gasteiger charge is -2.34. The number of hydrogen-bond acceptors (Lipinski definition) is 3. The number of nitrogens with one attached hydrogen (secondary N) is 1. The number of nitrogens with zero attached hydrogens (tertiary/aromatic N) is 1. The van der Waals surface area contributed by atoms with Gasteiger partial charge >= 0.3 is 0 Å². The number of rotatable bonds is 1. The van der Waals surface area contributed by atoms with Crippen molar-refractivity contribution in [1.29, 1.82) is 0 Å². The average molecular weight is 214 g/mol. The Morgan fingerprint density at radius 2 is 2.43 bits per heavy atom. The molecule has 2 aliphatic rings. The van der Waals surface area contributed by atoms with E-state index in [1.54, 1.807) is 0 Å². The Labute approximate surface area is 89.6 Å². The second kappa shape index (κ2) is 4.53. The monoisotopic (exact) mass is 214 g/mol. The highest BCUT2D eigenvalue weighted by atomic mass is 32.2. The van der Waals surface area contributed by atoms with Crippen LogP contribution >= 0.6 is 11.8 Å². The lowest BCUT2D eigenvalue weighted by atomic mass is 10.1. The first-order valence-corrected chi connectivity index (χ1v) is 6.53. The summed E-state index contributed by atoms with van der Waals surface area (Å²) >= 11 is 1.96. The number of amides is 1. The Bertz CT molecular complexity index is 216.